The first-order chi connectivity index (χ1) is 9.06. The Bertz CT molecular complexity index is 645. The fraction of sp³-hybridized carbons (Fsp3) is 0.286. The number of fused-ring (bicyclic) bond motifs is 1. The van der Waals surface area contributed by atoms with Crippen molar-refractivity contribution < 1.29 is 14.3 Å². The summed E-state index contributed by atoms with van der Waals surface area (Å²) in [5.41, 5.74) is 1.89. The first-order valence-electron chi connectivity index (χ1n) is 5.97. The van der Waals surface area contributed by atoms with E-state index < -0.39 is 0 Å². The number of halogens is 1. The summed E-state index contributed by atoms with van der Waals surface area (Å²) >= 11 is 5.93. The van der Waals surface area contributed by atoms with Crippen LogP contribution in [0.4, 0.5) is 0 Å². The lowest BCUT2D eigenvalue weighted by molar-refractivity contribution is -0.139. The second-order valence-electron chi connectivity index (χ2n) is 4.20. The zero-order chi connectivity index (χ0) is 14.0. The van der Waals surface area contributed by atoms with Gasteiger partial charge in [-0.25, -0.2) is 0 Å². The first kappa shape index (κ1) is 13.6. The third-order valence-corrected chi connectivity index (χ3v) is 3.25. The normalized spacial score (nSPS) is 10.7. The Balaban J connectivity index is 2.61. The summed E-state index contributed by atoms with van der Waals surface area (Å²) < 4.78 is 4.67. The summed E-state index contributed by atoms with van der Waals surface area (Å²) in [5, 5.41) is 1.40. The molecule has 1 aromatic heterocycles. The molecule has 2 aromatic rings. The number of hydrogen-bond donors (Lipinski definition) is 1. The van der Waals surface area contributed by atoms with Gasteiger partial charge in [-0.05, 0) is 17.7 Å². The van der Waals surface area contributed by atoms with E-state index in [1.54, 1.807) is 25.1 Å². The van der Waals surface area contributed by atoms with E-state index in [-0.39, 0.29) is 18.2 Å². The number of ketones is 1. The quantitative estimate of drug-likeness (QED) is 0.691. The maximum Gasteiger partial charge on any atom is 0.310 e. The summed E-state index contributed by atoms with van der Waals surface area (Å²) in [7, 11) is 1.33. The van der Waals surface area contributed by atoms with Gasteiger partial charge in [0.15, 0.2) is 5.78 Å². The molecule has 0 spiro atoms. The van der Waals surface area contributed by atoms with Crippen LogP contribution in [0.25, 0.3) is 10.9 Å². The minimum Gasteiger partial charge on any atom is -0.469 e. The van der Waals surface area contributed by atoms with Crippen molar-refractivity contribution in [2.45, 2.75) is 19.8 Å². The Morgan fingerprint density at radius 2 is 2.11 bits per heavy atom. The van der Waals surface area contributed by atoms with Gasteiger partial charge in [-0.3, -0.25) is 9.59 Å². The van der Waals surface area contributed by atoms with Gasteiger partial charge in [-0.15, -0.1) is 0 Å². The SMILES string of the molecule is CCC(=O)c1[nH]c2cc(Cl)ccc2c1CC(=O)OC. The van der Waals surface area contributed by atoms with Crippen molar-refractivity contribution in [3.63, 3.8) is 0 Å². The zero-order valence-corrected chi connectivity index (χ0v) is 11.5. The highest BCUT2D eigenvalue weighted by Gasteiger charge is 2.19. The minimum atomic E-state index is -0.374. The molecule has 5 heteroatoms. The molecule has 0 atom stereocenters. The molecule has 1 N–H and O–H groups in total. The molecule has 100 valence electrons. The van der Waals surface area contributed by atoms with Crippen LogP contribution in [-0.4, -0.2) is 23.8 Å². The van der Waals surface area contributed by atoms with Crippen LogP contribution in [0, 0.1) is 0 Å². The number of aromatic nitrogens is 1. The molecule has 19 heavy (non-hydrogen) atoms. The average molecular weight is 280 g/mol. The first-order valence-corrected chi connectivity index (χ1v) is 6.34. The Labute approximate surface area is 115 Å². The van der Waals surface area contributed by atoms with E-state index in [0.29, 0.717) is 22.7 Å². The maximum absolute atomic E-state index is 11.9. The van der Waals surface area contributed by atoms with E-state index in [9.17, 15) is 9.59 Å². The number of Topliss-reactive ketones (excluding diaryl/α,β-unsaturated/α-hetero) is 1. The molecular formula is C14H14ClNO3. The van der Waals surface area contributed by atoms with Crippen molar-refractivity contribution >= 4 is 34.3 Å². The van der Waals surface area contributed by atoms with E-state index in [1.165, 1.54) is 7.11 Å². The third kappa shape index (κ3) is 2.63. The lowest BCUT2D eigenvalue weighted by atomic mass is 10.0. The number of H-pyrrole nitrogens is 1. The molecular weight excluding hydrogens is 266 g/mol. The number of esters is 1. The van der Waals surface area contributed by atoms with Gasteiger partial charge in [0, 0.05) is 22.3 Å². The monoisotopic (exact) mass is 279 g/mol. The Hall–Kier alpha value is -1.81. The highest BCUT2D eigenvalue weighted by Crippen LogP contribution is 2.26. The number of benzene rings is 1. The second kappa shape index (κ2) is 5.45. The Morgan fingerprint density at radius 1 is 1.37 bits per heavy atom. The molecule has 2 rings (SSSR count). The standard InChI is InChI=1S/C14H14ClNO3/c1-3-12(17)14-10(7-13(18)19-2)9-5-4-8(15)6-11(9)16-14/h4-6,16H,3,7H2,1-2H3. The Morgan fingerprint density at radius 3 is 2.74 bits per heavy atom. The van der Waals surface area contributed by atoms with E-state index in [4.69, 9.17) is 11.6 Å². The van der Waals surface area contributed by atoms with Gasteiger partial charge in [0.2, 0.25) is 0 Å². The summed E-state index contributed by atoms with van der Waals surface area (Å²) in [5.74, 6) is -0.410. The van der Waals surface area contributed by atoms with Crippen LogP contribution in [0.3, 0.4) is 0 Å². The van der Waals surface area contributed by atoms with Crippen LogP contribution in [0.2, 0.25) is 5.02 Å². The predicted octanol–water partition coefficient (Wildman–Crippen LogP) is 3.13. The zero-order valence-electron chi connectivity index (χ0n) is 10.7. The number of ether oxygens (including phenoxy) is 1. The van der Waals surface area contributed by atoms with Gasteiger partial charge < -0.3 is 9.72 Å². The molecule has 0 saturated heterocycles. The summed E-state index contributed by atoms with van der Waals surface area (Å²) in [6, 6.07) is 5.28. The topological polar surface area (TPSA) is 59.2 Å². The highest BCUT2D eigenvalue weighted by atomic mass is 35.5. The van der Waals surface area contributed by atoms with Gasteiger partial charge in [0.25, 0.3) is 0 Å². The van der Waals surface area contributed by atoms with Crippen LogP contribution in [0.1, 0.15) is 29.4 Å². The van der Waals surface area contributed by atoms with Crippen molar-refractivity contribution in [2.75, 3.05) is 7.11 Å². The summed E-state index contributed by atoms with van der Waals surface area (Å²) in [4.78, 5) is 26.5. The number of nitrogens with one attached hydrogen (secondary N) is 1. The molecule has 0 fully saturated rings. The van der Waals surface area contributed by atoms with Crippen LogP contribution < -0.4 is 0 Å². The van der Waals surface area contributed by atoms with Crippen molar-refractivity contribution in [3.8, 4) is 0 Å². The van der Waals surface area contributed by atoms with Gasteiger partial charge in [0.1, 0.15) is 0 Å². The molecule has 4 nitrogen and oxygen atoms in total. The van der Waals surface area contributed by atoms with Gasteiger partial charge in [-0.1, -0.05) is 24.6 Å². The molecule has 0 amide bonds. The third-order valence-electron chi connectivity index (χ3n) is 3.02. The fourth-order valence-corrected chi connectivity index (χ4v) is 2.21. The number of rotatable bonds is 4. The molecule has 0 saturated carbocycles. The summed E-state index contributed by atoms with van der Waals surface area (Å²) in [6.07, 6.45) is 0.438. The molecule has 0 bridgehead atoms. The van der Waals surface area contributed by atoms with Crippen molar-refractivity contribution in [1.82, 2.24) is 4.98 Å². The number of methoxy groups -OCH3 is 1. The van der Waals surface area contributed by atoms with E-state index >= 15 is 0 Å². The lowest BCUT2D eigenvalue weighted by Gasteiger charge is -2.02. The predicted molar refractivity (Wildman–Crippen MR) is 73.7 cm³/mol. The molecule has 0 unspecified atom stereocenters. The van der Waals surface area contributed by atoms with Gasteiger partial charge in [-0.2, -0.15) is 0 Å². The van der Waals surface area contributed by atoms with Crippen LogP contribution >= 0.6 is 11.6 Å². The number of hydrogen-bond acceptors (Lipinski definition) is 3. The molecule has 0 radical (unpaired) electrons. The molecule has 0 aliphatic heterocycles. The van der Waals surface area contributed by atoms with Crippen molar-refractivity contribution in [1.29, 1.82) is 0 Å². The highest BCUT2D eigenvalue weighted by molar-refractivity contribution is 6.31. The fourth-order valence-electron chi connectivity index (χ4n) is 2.04. The molecule has 0 aliphatic carbocycles. The minimum absolute atomic E-state index is 0.0359. The number of carbonyl (C=O) groups excluding carboxylic acids is 2. The van der Waals surface area contributed by atoms with Crippen molar-refractivity contribution in [2.24, 2.45) is 0 Å². The van der Waals surface area contributed by atoms with E-state index in [1.807, 2.05) is 0 Å². The van der Waals surface area contributed by atoms with Crippen LogP contribution in [0.15, 0.2) is 18.2 Å². The molecule has 1 aromatic carbocycles. The van der Waals surface area contributed by atoms with Crippen LogP contribution in [-0.2, 0) is 16.0 Å². The maximum atomic E-state index is 11.9. The summed E-state index contributed by atoms with van der Waals surface area (Å²) in [6.45, 7) is 1.78. The smallest absolute Gasteiger partial charge is 0.310 e. The van der Waals surface area contributed by atoms with Gasteiger partial charge >= 0.3 is 5.97 Å². The molecule has 1 heterocycles. The van der Waals surface area contributed by atoms with E-state index in [2.05, 4.69) is 9.72 Å². The van der Waals surface area contributed by atoms with E-state index in [0.717, 1.165) is 10.9 Å². The second-order valence-corrected chi connectivity index (χ2v) is 4.63. The van der Waals surface area contributed by atoms with Crippen LogP contribution in [0.5, 0.6) is 0 Å². The van der Waals surface area contributed by atoms with Gasteiger partial charge in [0.05, 0.1) is 19.2 Å². The van der Waals surface area contributed by atoms with Crippen molar-refractivity contribution in [3.05, 3.63) is 34.5 Å². The molecule has 0 aliphatic rings. The number of carbonyl (C=O) groups is 2. The number of aromatic amines is 1. The Kier molecular flexibility index (Phi) is 3.90. The lowest BCUT2D eigenvalue weighted by Crippen LogP contribution is -2.08. The average Bonchev–Trinajstić information content (AvgIpc) is 2.75. The largest absolute Gasteiger partial charge is 0.469 e.